The summed E-state index contributed by atoms with van der Waals surface area (Å²) < 4.78 is 0. The van der Waals surface area contributed by atoms with Crippen molar-refractivity contribution in [1.82, 2.24) is 4.90 Å². The Hall–Kier alpha value is -1.54. The van der Waals surface area contributed by atoms with Gasteiger partial charge >= 0.3 is 11.9 Å². The van der Waals surface area contributed by atoms with Crippen LogP contribution in [0, 0.1) is 12.3 Å². The summed E-state index contributed by atoms with van der Waals surface area (Å²) in [5, 5.41) is 14.8. The molecule has 1 saturated heterocycles. The predicted molar refractivity (Wildman–Crippen MR) is 45.2 cm³/mol. The Morgan fingerprint density at radius 1 is 1.31 bits per heavy atom. The normalized spacial score (nSPS) is 14.4. The van der Waals surface area contributed by atoms with E-state index in [-0.39, 0.29) is 0 Å². The molecule has 0 aliphatic carbocycles. The standard InChI is InChI=1S/C6H9N.C2H2O4/c1-2-4-7-5-3-6-7;3-1(4)2(5)6/h1H,3-6H2;(H,3,4)(H,5,6). The monoisotopic (exact) mass is 185 g/mol. The Morgan fingerprint density at radius 2 is 1.77 bits per heavy atom. The second kappa shape index (κ2) is 6.03. The van der Waals surface area contributed by atoms with Crippen molar-refractivity contribution in [1.29, 1.82) is 0 Å². The first-order chi connectivity index (χ1) is 6.07. The topological polar surface area (TPSA) is 77.8 Å². The zero-order chi connectivity index (χ0) is 10.3. The fourth-order valence-corrected chi connectivity index (χ4v) is 0.669. The maximum atomic E-state index is 9.10. The number of terminal acetylenes is 1. The van der Waals surface area contributed by atoms with Gasteiger partial charge in [-0.25, -0.2) is 9.59 Å². The van der Waals surface area contributed by atoms with E-state index in [1.54, 1.807) is 0 Å². The van der Waals surface area contributed by atoms with Crippen molar-refractivity contribution >= 4 is 11.9 Å². The molecule has 2 N–H and O–H groups in total. The van der Waals surface area contributed by atoms with Gasteiger partial charge in [-0.3, -0.25) is 4.90 Å². The lowest BCUT2D eigenvalue weighted by Crippen LogP contribution is -2.37. The van der Waals surface area contributed by atoms with Gasteiger partial charge in [0.1, 0.15) is 0 Å². The van der Waals surface area contributed by atoms with Crippen molar-refractivity contribution < 1.29 is 19.8 Å². The maximum absolute atomic E-state index is 9.10. The molecule has 5 heteroatoms. The highest BCUT2D eigenvalue weighted by atomic mass is 16.4. The number of hydrogen-bond acceptors (Lipinski definition) is 3. The van der Waals surface area contributed by atoms with Crippen molar-refractivity contribution in [2.24, 2.45) is 0 Å². The van der Waals surface area contributed by atoms with E-state index in [0.29, 0.717) is 0 Å². The molecule has 1 aliphatic rings. The first-order valence-corrected chi connectivity index (χ1v) is 3.70. The minimum Gasteiger partial charge on any atom is -0.473 e. The van der Waals surface area contributed by atoms with Crippen LogP contribution in [-0.2, 0) is 9.59 Å². The van der Waals surface area contributed by atoms with E-state index < -0.39 is 11.9 Å². The highest BCUT2D eigenvalue weighted by Crippen LogP contribution is 2.02. The molecule has 1 fully saturated rings. The molecule has 5 nitrogen and oxygen atoms in total. The number of carbonyl (C=O) groups is 2. The summed E-state index contributed by atoms with van der Waals surface area (Å²) in [4.78, 5) is 20.4. The fourth-order valence-electron chi connectivity index (χ4n) is 0.669. The van der Waals surface area contributed by atoms with Crippen LogP contribution in [0.3, 0.4) is 0 Å². The van der Waals surface area contributed by atoms with Crippen LogP contribution in [0.2, 0.25) is 0 Å². The Kier molecular flexibility index (Phi) is 5.32. The lowest BCUT2D eigenvalue weighted by atomic mass is 10.2. The third-order valence-electron chi connectivity index (χ3n) is 1.45. The van der Waals surface area contributed by atoms with Crippen LogP contribution in [0.5, 0.6) is 0 Å². The fraction of sp³-hybridized carbons (Fsp3) is 0.500. The van der Waals surface area contributed by atoms with Gasteiger partial charge in [0.25, 0.3) is 0 Å². The molecule has 0 bridgehead atoms. The Bertz CT molecular complexity index is 215. The van der Waals surface area contributed by atoms with E-state index in [9.17, 15) is 0 Å². The average Bonchev–Trinajstić information content (AvgIpc) is 1.98. The highest BCUT2D eigenvalue weighted by Gasteiger charge is 2.10. The third kappa shape index (κ3) is 5.70. The van der Waals surface area contributed by atoms with Crippen LogP contribution < -0.4 is 0 Å². The van der Waals surface area contributed by atoms with Crippen molar-refractivity contribution in [3.63, 3.8) is 0 Å². The maximum Gasteiger partial charge on any atom is 0.414 e. The van der Waals surface area contributed by atoms with Gasteiger partial charge in [0.15, 0.2) is 0 Å². The van der Waals surface area contributed by atoms with E-state index in [1.165, 1.54) is 19.5 Å². The summed E-state index contributed by atoms with van der Waals surface area (Å²) in [6.07, 6.45) is 6.38. The molecule has 0 spiro atoms. The number of carboxylic acid groups (broad SMARTS) is 2. The summed E-state index contributed by atoms with van der Waals surface area (Å²) in [5.74, 6) is -1.05. The molecule has 0 amide bonds. The Labute approximate surface area is 76.0 Å². The van der Waals surface area contributed by atoms with E-state index in [1.807, 2.05) is 0 Å². The molecule has 1 aliphatic heterocycles. The highest BCUT2D eigenvalue weighted by molar-refractivity contribution is 6.27. The lowest BCUT2D eigenvalue weighted by Gasteiger charge is -2.28. The largest absolute Gasteiger partial charge is 0.473 e. The molecule has 0 aromatic rings. The molecule has 0 radical (unpaired) electrons. The molecule has 13 heavy (non-hydrogen) atoms. The Morgan fingerprint density at radius 3 is 1.85 bits per heavy atom. The number of likely N-dealkylation sites (tertiary alicyclic amines) is 1. The molecule has 72 valence electrons. The predicted octanol–water partition coefficient (Wildman–Crippen LogP) is -0.519. The third-order valence-corrected chi connectivity index (χ3v) is 1.45. The molecule has 0 aromatic carbocycles. The van der Waals surface area contributed by atoms with E-state index >= 15 is 0 Å². The van der Waals surface area contributed by atoms with E-state index in [0.717, 1.165) is 6.54 Å². The molecular formula is C8H11NO4. The summed E-state index contributed by atoms with van der Waals surface area (Å²) in [5.41, 5.74) is 0. The first kappa shape index (κ1) is 11.5. The first-order valence-electron chi connectivity index (χ1n) is 3.70. The van der Waals surface area contributed by atoms with Gasteiger partial charge in [0, 0.05) is 13.1 Å². The van der Waals surface area contributed by atoms with Gasteiger partial charge in [-0.15, -0.1) is 6.42 Å². The number of aliphatic carboxylic acids is 2. The second-order valence-corrected chi connectivity index (χ2v) is 2.44. The van der Waals surface area contributed by atoms with Crippen LogP contribution in [0.15, 0.2) is 0 Å². The van der Waals surface area contributed by atoms with Crippen molar-refractivity contribution in [2.75, 3.05) is 19.6 Å². The second-order valence-electron chi connectivity index (χ2n) is 2.44. The Balaban J connectivity index is 0.000000226. The zero-order valence-electron chi connectivity index (χ0n) is 7.06. The molecule has 0 atom stereocenters. The summed E-state index contributed by atoms with van der Waals surface area (Å²) in [6.45, 7) is 3.27. The smallest absolute Gasteiger partial charge is 0.414 e. The average molecular weight is 185 g/mol. The molecule has 0 aromatic heterocycles. The van der Waals surface area contributed by atoms with Crippen LogP contribution in [0.4, 0.5) is 0 Å². The van der Waals surface area contributed by atoms with Crippen molar-refractivity contribution in [3.05, 3.63) is 0 Å². The number of rotatable bonds is 1. The molecule has 0 saturated carbocycles. The van der Waals surface area contributed by atoms with Crippen LogP contribution in [0.25, 0.3) is 0 Å². The molecule has 1 rings (SSSR count). The van der Waals surface area contributed by atoms with E-state index in [4.69, 9.17) is 26.2 Å². The lowest BCUT2D eigenvalue weighted by molar-refractivity contribution is -0.159. The van der Waals surface area contributed by atoms with Crippen molar-refractivity contribution in [3.8, 4) is 12.3 Å². The SMILES string of the molecule is C#CCN1CCC1.O=C(O)C(=O)O. The van der Waals surface area contributed by atoms with Gasteiger partial charge in [-0.1, -0.05) is 5.92 Å². The van der Waals surface area contributed by atoms with Crippen LogP contribution in [-0.4, -0.2) is 46.7 Å². The summed E-state index contributed by atoms with van der Waals surface area (Å²) >= 11 is 0. The van der Waals surface area contributed by atoms with Crippen LogP contribution in [0.1, 0.15) is 6.42 Å². The quantitative estimate of drug-likeness (QED) is 0.424. The number of nitrogens with zero attached hydrogens (tertiary/aromatic N) is 1. The summed E-state index contributed by atoms with van der Waals surface area (Å²) in [6, 6.07) is 0. The zero-order valence-corrected chi connectivity index (χ0v) is 7.06. The van der Waals surface area contributed by atoms with Crippen molar-refractivity contribution in [2.45, 2.75) is 6.42 Å². The van der Waals surface area contributed by atoms with Gasteiger partial charge in [-0.05, 0) is 6.42 Å². The summed E-state index contributed by atoms with van der Waals surface area (Å²) in [7, 11) is 0. The van der Waals surface area contributed by atoms with Gasteiger partial charge in [0.05, 0.1) is 6.54 Å². The minimum atomic E-state index is -1.82. The minimum absolute atomic E-state index is 0.847. The van der Waals surface area contributed by atoms with Gasteiger partial charge in [-0.2, -0.15) is 0 Å². The molecule has 0 unspecified atom stereocenters. The van der Waals surface area contributed by atoms with Gasteiger partial charge < -0.3 is 10.2 Å². The number of carboxylic acids is 2. The molecular weight excluding hydrogens is 174 g/mol. The molecule has 1 heterocycles. The number of hydrogen-bond donors (Lipinski definition) is 2. The van der Waals surface area contributed by atoms with Gasteiger partial charge in [0.2, 0.25) is 0 Å². The van der Waals surface area contributed by atoms with Crippen LogP contribution >= 0.6 is 0 Å². The van der Waals surface area contributed by atoms with E-state index in [2.05, 4.69) is 10.8 Å².